The van der Waals surface area contributed by atoms with Gasteiger partial charge in [0.25, 0.3) is 0 Å². The van der Waals surface area contributed by atoms with Crippen LogP contribution in [0.3, 0.4) is 0 Å². The van der Waals surface area contributed by atoms with E-state index in [1.165, 1.54) is 0 Å². The lowest BCUT2D eigenvalue weighted by Crippen LogP contribution is -2.42. The normalized spacial score (nSPS) is 17.3. The predicted octanol–water partition coefficient (Wildman–Crippen LogP) is 2.56. The van der Waals surface area contributed by atoms with Crippen LogP contribution in [0.1, 0.15) is 25.7 Å². The van der Waals surface area contributed by atoms with Crippen molar-refractivity contribution in [1.82, 2.24) is 15.0 Å². The van der Waals surface area contributed by atoms with Crippen LogP contribution in [0.5, 0.6) is 5.75 Å². The largest absolute Gasteiger partial charge is 0.497 e. The van der Waals surface area contributed by atoms with Crippen molar-refractivity contribution < 1.29 is 18.8 Å². The van der Waals surface area contributed by atoms with Crippen molar-refractivity contribution in [3.8, 4) is 17.1 Å². The van der Waals surface area contributed by atoms with Crippen molar-refractivity contribution in [3.05, 3.63) is 30.2 Å². The van der Waals surface area contributed by atoms with Gasteiger partial charge in [-0.3, -0.25) is 4.79 Å². The van der Waals surface area contributed by atoms with Crippen LogP contribution in [-0.4, -0.2) is 54.4 Å². The molecule has 1 aliphatic rings. The zero-order valence-corrected chi connectivity index (χ0v) is 15.3. The third-order valence-electron chi connectivity index (χ3n) is 4.55. The Bertz CT molecular complexity index is 714. The molecule has 1 aliphatic heterocycles. The minimum atomic E-state index is 0.0242. The first kappa shape index (κ1) is 18.4. The number of ether oxygens (including phenoxy) is 2. The van der Waals surface area contributed by atoms with Gasteiger partial charge in [-0.2, -0.15) is 4.98 Å². The molecule has 1 aromatic heterocycles. The molecule has 1 amide bonds. The van der Waals surface area contributed by atoms with Crippen molar-refractivity contribution in [2.75, 3.05) is 33.4 Å². The quantitative estimate of drug-likeness (QED) is 0.756. The number of hydrogen-bond donors (Lipinski definition) is 0. The maximum absolute atomic E-state index is 12.6. The molecule has 1 unspecified atom stereocenters. The van der Waals surface area contributed by atoms with Crippen molar-refractivity contribution in [3.63, 3.8) is 0 Å². The Morgan fingerprint density at radius 1 is 1.35 bits per heavy atom. The SMILES string of the molecule is CCOCC1CCCN(C(=O)Cc2nc(-c3ccc(OC)cc3)no2)C1. The summed E-state index contributed by atoms with van der Waals surface area (Å²) < 4.78 is 15.9. The fourth-order valence-corrected chi connectivity index (χ4v) is 3.14. The Morgan fingerprint density at radius 2 is 2.15 bits per heavy atom. The third-order valence-corrected chi connectivity index (χ3v) is 4.55. The predicted molar refractivity (Wildman–Crippen MR) is 95.8 cm³/mol. The number of carbonyl (C=O) groups is 1. The molecule has 2 aromatic rings. The summed E-state index contributed by atoms with van der Waals surface area (Å²) in [6.07, 6.45) is 2.24. The van der Waals surface area contributed by atoms with E-state index in [2.05, 4.69) is 10.1 Å². The van der Waals surface area contributed by atoms with E-state index < -0.39 is 0 Å². The van der Waals surface area contributed by atoms with Crippen molar-refractivity contribution in [2.24, 2.45) is 5.92 Å². The Kier molecular flexibility index (Phi) is 6.22. The fourth-order valence-electron chi connectivity index (χ4n) is 3.14. The second kappa shape index (κ2) is 8.80. The van der Waals surface area contributed by atoms with Gasteiger partial charge in [-0.1, -0.05) is 5.16 Å². The van der Waals surface area contributed by atoms with Gasteiger partial charge in [0, 0.05) is 25.3 Å². The van der Waals surface area contributed by atoms with E-state index in [-0.39, 0.29) is 12.3 Å². The molecule has 7 heteroatoms. The van der Waals surface area contributed by atoms with Crippen LogP contribution < -0.4 is 4.74 Å². The molecular formula is C19H25N3O4. The van der Waals surface area contributed by atoms with E-state index in [4.69, 9.17) is 14.0 Å². The summed E-state index contributed by atoms with van der Waals surface area (Å²) in [6, 6.07) is 7.39. The molecule has 3 rings (SSSR count). The zero-order valence-electron chi connectivity index (χ0n) is 15.3. The fraction of sp³-hybridized carbons (Fsp3) is 0.526. The average molecular weight is 359 g/mol. The third kappa shape index (κ3) is 4.60. The average Bonchev–Trinajstić information content (AvgIpc) is 3.15. The number of rotatable bonds is 7. The highest BCUT2D eigenvalue weighted by atomic mass is 16.5. The molecular weight excluding hydrogens is 334 g/mol. The molecule has 2 heterocycles. The summed E-state index contributed by atoms with van der Waals surface area (Å²) in [5, 5.41) is 3.98. The van der Waals surface area contributed by atoms with Gasteiger partial charge in [-0.15, -0.1) is 0 Å². The van der Waals surface area contributed by atoms with Gasteiger partial charge in [0.2, 0.25) is 17.6 Å². The van der Waals surface area contributed by atoms with Crippen molar-refractivity contribution >= 4 is 5.91 Å². The highest BCUT2D eigenvalue weighted by molar-refractivity contribution is 5.78. The lowest BCUT2D eigenvalue weighted by molar-refractivity contribution is -0.133. The lowest BCUT2D eigenvalue weighted by atomic mass is 9.98. The minimum Gasteiger partial charge on any atom is -0.497 e. The molecule has 0 radical (unpaired) electrons. The molecule has 1 aromatic carbocycles. The molecule has 1 fully saturated rings. The number of methoxy groups -OCH3 is 1. The molecule has 26 heavy (non-hydrogen) atoms. The topological polar surface area (TPSA) is 77.7 Å². The highest BCUT2D eigenvalue weighted by Crippen LogP contribution is 2.21. The first-order valence-electron chi connectivity index (χ1n) is 9.02. The number of nitrogens with zero attached hydrogens (tertiary/aromatic N) is 3. The van der Waals surface area contributed by atoms with E-state index >= 15 is 0 Å². The molecule has 140 valence electrons. The van der Waals surface area contributed by atoms with Crippen LogP contribution in [0, 0.1) is 5.92 Å². The molecule has 0 bridgehead atoms. The summed E-state index contributed by atoms with van der Waals surface area (Å²) in [4.78, 5) is 18.8. The van der Waals surface area contributed by atoms with Gasteiger partial charge in [0.1, 0.15) is 12.2 Å². The van der Waals surface area contributed by atoms with Gasteiger partial charge in [-0.25, -0.2) is 0 Å². The van der Waals surface area contributed by atoms with Gasteiger partial charge >= 0.3 is 0 Å². The van der Waals surface area contributed by atoms with Gasteiger partial charge in [0.05, 0.1) is 13.7 Å². The summed E-state index contributed by atoms with van der Waals surface area (Å²) in [7, 11) is 1.62. The Balaban J connectivity index is 1.58. The Labute approximate surface area is 153 Å². The van der Waals surface area contributed by atoms with Crippen LogP contribution in [0.15, 0.2) is 28.8 Å². The Morgan fingerprint density at radius 3 is 2.88 bits per heavy atom. The number of piperidine rings is 1. The first-order valence-corrected chi connectivity index (χ1v) is 9.02. The second-order valence-corrected chi connectivity index (χ2v) is 6.42. The zero-order chi connectivity index (χ0) is 18.4. The van der Waals surface area contributed by atoms with Crippen LogP contribution in [0.25, 0.3) is 11.4 Å². The van der Waals surface area contributed by atoms with Crippen molar-refractivity contribution in [2.45, 2.75) is 26.2 Å². The van der Waals surface area contributed by atoms with Crippen LogP contribution in [-0.2, 0) is 16.0 Å². The maximum Gasteiger partial charge on any atom is 0.236 e. The second-order valence-electron chi connectivity index (χ2n) is 6.42. The Hall–Kier alpha value is -2.41. The highest BCUT2D eigenvalue weighted by Gasteiger charge is 2.25. The molecule has 0 spiro atoms. The van der Waals surface area contributed by atoms with E-state index in [9.17, 15) is 4.79 Å². The summed E-state index contributed by atoms with van der Waals surface area (Å²) in [5.41, 5.74) is 0.822. The van der Waals surface area contributed by atoms with Gasteiger partial charge < -0.3 is 18.9 Å². The van der Waals surface area contributed by atoms with Gasteiger partial charge in [0.15, 0.2) is 0 Å². The molecule has 1 saturated heterocycles. The smallest absolute Gasteiger partial charge is 0.236 e. The summed E-state index contributed by atoms with van der Waals surface area (Å²) in [6.45, 7) is 4.92. The number of carbonyl (C=O) groups excluding carboxylic acids is 1. The molecule has 0 saturated carbocycles. The number of hydrogen-bond acceptors (Lipinski definition) is 6. The van der Waals surface area contributed by atoms with Crippen molar-refractivity contribution in [1.29, 1.82) is 0 Å². The molecule has 0 N–H and O–H groups in total. The number of benzene rings is 1. The van der Waals surface area contributed by atoms with E-state index in [1.807, 2.05) is 36.1 Å². The maximum atomic E-state index is 12.6. The van der Waals surface area contributed by atoms with E-state index in [0.717, 1.165) is 37.2 Å². The van der Waals surface area contributed by atoms with Gasteiger partial charge in [-0.05, 0) is 49.9 Å². The lowest BCUT2D eigenvalue weighted by Gasteiger charge is -2.32. The summed E-state index contributed by atoms with van der Waals surface area (Å²) >= 11 is 0. The van der Waals surface area contributed by atoms with Crippen LogP contribution >= 0.6 is 0 Å². The first-order chi connectivity index (χ1) is 12.7. The minimum absolute atomic E-state index is 0.0242. The number of likely N-dealkylation sites (tertiary alicyclic amines) is 1. The molecule has 7 nitrogen and oxygen atoms in total. The monoisotopic (exact) mass is 359 g/mol. The van der Waals surface area contributed by atoms with Crippen LogP contribution in [0.2, 0.25) is 0 Å². The standard InChI is InChI=1S/C19H25N3O4/c1-3-25-13-14-5-4-10-22(12-14)18(23)11-17-20-19(21-26-17)15-6-8-16(24-2)9-7-15/h6-9,14H,3-5,10-13H2,1-2H3. The molecule has 1 atom stereocenters. The summed E-state index contributed by atoms with van der Waals surface area (Å²) in [5.74, 6) is 2.01. The van der Waals surface area contributed by atoms with E-state index in [0.29, 0.717) is 30.8 Å². The molecule has 0 aliphatic carbocycles. The van der Waals surface area contributed by atoms with Crippen LogP contribution in [0.4, 0.5) is 0 Å². The van der Waals surface area contributed by atoms with E-state index in [1.54, 1.807) is 7.11 Å². The number of amides is 1. The number of aromatic nitrogens is 2.